The van der Waals surface area contributed by atoms with Crippen molar-refractivity contribution in [2.75, 3.05) is 6.54 Å². The number of carbonyl (C=O) groups is 1. The minimum atomic E-state index is -0.573. The normalized spacial score (nSPS) is 19.5. The lowest BCUT2D eigenvalue weighted by molar-refractivity contribution is 0.142. The van der Waals surface area contributed by atoms with Gasteiger partial charge < -0.3 is 15.7 Å². The van der Waals surface area contributed by atoms with E-state index in [-0.39, 0.29) is 17.5 Å². The molecule has 1 aliphatic rings. The van der Waals surface area contributed by atoms with Crippen molar-refractivity contribution in [3.63, 3.8) is 0 Å². The third-order valence-corrected chi connectivity index (χ3v) is 5.34. The number of aliphatic hydroxyl groups is 1. The number of aliphatic hydroxyl groups excluding tert-OH is 1. The zero-order chi connectivity index (χ0) is 18.0. The molecular weight excluding hydrogens is 334 g/mol. The monoisotopic (exact) mass is 359 g/mol. The van der Waals surface area contributed by atoms with Crippen LogP contribution in [-0.4, -0.2) is 28.8 Å². The minimum Gasteiger partial charge on any atom is -0.390 e. The molecule has 3 rings (SSSR count). The van der Waals surface area contributed by atoms with Gasteiger partial charge in [0.05, 0.1) is 22.8 Å². The Bertz CT molecular complexity index is 751. The van der Waals surface area contributed by atoms with Crippen molar-refractivity contribution in [1.29, 1.82) is 0 Å². The number of hydrogen-bond acceptors (Lipinski definition) is 4. The summed E-state index contributed by atoms with van der Waals surface area (Å²) in [6, 6.07) is 7.23. The van der Waals surface area contributed by atoms with E-state index in [1.165, 1.54) is 0 Å². The molecule has 0 saturated carbocycles. The third-order valence-electron chi connectivity index (χ3n) is 4.44. The summed E-state index contributed by atoms with van der Waals surface area (Å²) in [4.78, 5) is 16.8. The van der Waals surface area contributed by atoms with Gasteiger partial charge in [0, 0.05) is 30.2 Å². The number of nitrogens with zero attached hydrogens (tertiary/aromatic N) is 1. The van der Waals surface area contributed by atoms with Crippen LogP contribution in [0.3, 0.4) is 0 Å². The Kier molecular flexibility index (Phi) is 5.11. The summed E-state index contributed by atoms with van der Waals surface area (Å²) in [7, 11) is 0. The second-order valence-electron chi connectivity index (χ2n) is 7.47. The molecule has 1 aromatic heterocycles. The maximum atomic E-state index is 12.2. The summed E-state index contributed by atoms with van der Waals surface area (Å²) in [5.74, 6) is 0. The van der Waals surface area contributed by atoms with E-state index in [0.717, 1.165) is 21.8 Å². The average molecular weight is 359 g/mol. The topological polar surface area (TPSA) is 74.2 Å². The first-order chi connectivity index (χ1) is 11.8. The Hall–Kier alpha value is -1.92. The largest absolute Gasteiger partial charge is 0.390 e. The molecule has 1 heterocycles. The minimum absolute atomic E-state index is 0.0472. The van der Waals surface area contributed by atoms with Crippen molar-refractivity contribution in [2.24, 2.45) is 0 Å². The summed E-state index contributed by atoms with van der Waals surface area (Å²) in [5.41, 5.74) is 3.23. The highest BCUT2D eigenvalue weighted by molar-refractivity contribution is 7.09. The zero-order valence-electron chi connectivity index (χ0n) is 14.9. The molecule has 0 saturated heterocycles. The SMILES string of the molecule is CC(C)(C)c1csc(CCNC(=O)N[C@H]2c3ccccc3C[C@H]2O)n1. The summed E-state index contributed by atoms with van der Waals surface area (Å²) >= 11 is 1.63. The highest BCUT2D eigenvalue weighted by Crippen LogP contribution is 2.31. The predicted molar refractivity (Wildman–Crippen MR) is 99.9 cm³/mol. The van der Waals surface area contributed by atoms with Gasteiger partial charge in [-0.25, -0.2) is 9.78 Å². The van der Waals surface area contributed by atoms with E-state index in [2.05, 4.69) is 41.8 Å². The van der Waals surface area contributed by atoms with Gasteiger partial charge in [0.15, 0.2) is 0 Å². The van der Waals surface area contributed by atoms with E-state index in [4.69, 9.17) is 0 Å². The zero-order valence-corrected chi connectivity index (χ0v) is 15.7. The molecule has 1 aromatic carbocycles. The van der Waals surface area contributed by atoms with Gasteiger partial charge in [-0.3, -0.25) is 0 Å². The van der Waals surface area contributed by atoms with Crippen LogP contribution in [0.15, 0.2) is 29.6 Å². The van der Waals surface area contributed by atoms with Crippen LogP contribution >= 0.6 is 11.3 Å². The first kappa shape index (κ1) is 17.9. The van der Waals surface area contributed by atoms with Crippen LogP contribution in [0.5, 0.6) is 0 Å². The molecule has 0 fully saturated rings. The smallest absolute Gasteiger partial charge is 0.315 e. The van der Waals surface area contributed by atoms with Crippen LogP contribution in [0.1, 0.15) is 48.6 Å². The van der Waals surface area contributed by atoms with Crippen molar-refractivity contribution in [3.8, 4) is 0 Å². The van der Waals surface area contributed by atoms with Gasteiger partial charge in [0.25, 0.3) is 0 Å². The summed E-state index contributed by atoms with van der Waals surface area (Å²) in [6.45, 7) is 6.94. The van der Waals surface area contributed by atoms with Crippen molar-refractivity contribution in [1.82, 2.24) is 15.6 Å². The van der Waals surface area contributed by atoms with Gasteiger partial charge in [0.2, 0.25) is 0 Å². The molecule has 2 atom stereocenters. The maximum absolute atomic E-state index is 12.2. The van der Waals surface area contributed by atoms with Crippen LogP contribution < -0.4 is 10.6 Å². The van der Waals surface area contributed by atoms with Gasteiger partial charge >= 0.3 is 6.03 Å². The van der Waals surface area contributed by atoms with Gasteiger partial charge in [-0.2, -0.15) is 0 Å². The molecule has 25 heavy (non-hydrogen) atoms. The second kappa shape index (κ2) is 7.14. The standard InChI is InChI=1S/C19H25N3O2S/c1-19(2,3)15-11-25-16(21-15)8-9-20-18(24)22-17-13-7-5-4-6-12(13)10-14(17)23/h4-7,11,14,17,23H,8-10H2,1-3H3,(H2,20,22,24)/t14-,17+/m1/s1. The Morgan fingerprint density at radius 3 is 2.84 bits per heavy atom. The highest BCUT2D eigenvalue weighted by atomic mass is 32.1. The van der Waals surface area contributed by atoms with Crippen LogP contribution in [-0.2, 0) is 18.3 Å². The first-order valence-electron chi connectivity index (χ1n) is 8.59. The summed E-state index contributed by atoms with van der Waals surface area (Å²) in [5, 5.41) is 19.0. The molecule has 0 aliphatic heterocycles. The van der Waals surface area contributed by atoms with Crippen LogP contribution in [0, 0.1) is 0 Å². The molecule has 6 heteroatoms. The first-order valence-corrected chi connectivity index (χ1v) is 9.47. The number of hydrogen-bond donors (Lipinski definition) is 3. The lowest BCUT2D eigenvalue weighted by Gasteiger charge is -2.18. The fourth-order valence-corrected chi connectivity index (χ4v) is 4.02. The second-order valence-corrected chi connectivity index (χ2v) is 8.42. The van der Waals surface area contributed by atoms with E-state index in [1.807, 2.05) is 24.3 Å². The molecule has 2 amide bonds. The number of benzene rings is 1. The number of urea groups is 1. The number of carbonyl (C=O) groups excluding carboxylic acids is 1. The van der Waals surface area contributed by atoms with Crippen molar-refractivity contribution in [3.05, 3.63) is 51.5 Å². The van der Waals surface area contributed by atoms with Crippen LogP contribution in [0.25, 0.3) is 0 Å². The lowest BCUT2D eigenvalue weighted by Crippen LogP contribution is -2.41. The van der Waals surface area contributed by atoms with E-state index in [0.29, 0.717) is 19.4 Å². The van der Waals surface area contributed by atoms with Gasteiger partial charge in [-0.1, -0.05) is 45.0 Å². The van der Waals surface area contributed by atoms with E-state index >= 15 is 0 Å². The Labute approximate surface area is 152 Å². The maximum Gasteiger partial charge on any atom is 0.315 e. The van der Waals surface area contributed by atoms with E-state index in [9.17, 15) is 9.90 Å². The molecular formula is C19H25N3O2S. The fourth-order valence-electron chi connectivity index (χ4n) is 2.99. The Morgan fingerprint density at radius 2 is 2.12 bits per heavy atom. The van der Waals surface area contributed by atoms with Gasteiger partial charge in [-0.15, -0.1) is 11.3 Å². The number of nitrogens with one attached hydrogen (secondary N) is 2. The van der Waals surface area contributed by atoms with Gasteiger partial charge in [-0.05, 0) is 11.1 Å². The predicted octanol–water partition coefficient (Wildman–Crippen LogP) is 2.94. The number of fused-ring (bicyclic) bond motifs is 1. The molecule has 0 unspecified atom stereocenters. The van der Waals surface area contributed by atoms with Crippen molar-refractivity contribution >= 4 is 17.4 Å². The molecule has 2 aromatic rings. The fraction of sp³-hybridized carbons (Fsp3) is 0.474. The molecule has 0 radical (unpaired) electrons. The molecule has 0 spiro atoms. The van der Waals surface area contributed by atoms with Crippen molar-refractivity contribution < 1.29 is 9.90 Å². The lowest BCUT2D eigenvalue weighted by atomic mass is 9.93. The van der Waals surface area contributed by atoms with E-state index < -0.39 is 6.10 Å². The van der Waals surface area contributed by atoms with Crippen LogP contribution in [0.4, 0.5) is 4.79 Å². The summed E-state index contributed by atoms with van der Waals surface area (Å²) in [6.07, 6.45) is 0.713. The number of aromatic nitrogens is 1. The van der Waals surface area contributed by atoms with E-state index in [1.54, 1.807) is 11.3 Å². The third kappa shape index (κ3) is 4.19. The highest BCUT2D eigenvalue weighted by Gasteiger charge is 2.31. The molecule has 1 aliphatic carbocycles. The molecule has 0 bridgehead atoms. The average Bonchev–Trinajstić information content (AvgIpc) is 3.13. The van der Waals surface area contributed by atoms with Crippen molar-refractivity contribution in [2.45, 2.75) is 51.2 Å². The van der Waals surface area contributed by atoms with Crippen LogP contribution in [0.2, 0.25) is 0 Å². The Balaban J connectivity index is 1.50. The number of amides is 2. The summed E-state index contributed by atoms with van der Waals surface area (Å²) < 4.78 is 0. The number of rotatable bonds is 4. The number of thiazole rings is 1. The quantitative estimate of drug-likeness (QED) is 0.786. The molecule has 134 valence electrons. The molecule has 5 nitrogen and oxygen atoms in total. The van der Waals surface area contributed by atoms with Gasteiger partial charge in [0.1, 0.15) is 0 Å². The Morgan fingerprint density at radius 1 is 1.36 bits per heavy atom. The molecule has 3 N–H and O–H groups in total.